The predicted molar refractivity (Wildman–Crippen MR) is 42.2 cm³/mol. The summed E-state index contributed by atoms with van der Waals surface area (Å²) >= 11 is 0. The fourth-order valence-electron chi connectivity index (χ4n) is 0.781. The van der Waals surface area contributed by atoms with Crippen molar-refractivity contribution in [3.63, 3.8) is 0 Å². The second-order valence-corrected chi connectivity index (χ2v) is 2.33. The SMILES string of the molecule is Cc1ncc(C(N)=O)cc1C#N. The molecule has 0 bridgehead atoms. The van der Waals surface area contributed by atoms with Gasteiger partial charge in [-0.25, -0.2) is 0 Å². The minimum Gasteiger partial charge on any atom is -0.366 e. The van der Waals surface area contributed by atoms with Gasteiger partial charge in [0.15, 0.2) is 0 Å². The Hall–Kier alpha value is -1.89. The van der Waals surface area contributed by atoms with Crippen LogP contribution in [0.15, 0.2) is 12.3 Å². The van der Waals surface area contributed by atoms with Crippen LogP contribution in [0, 0.1) is 18.3 Å². The summed E-state index contributed by atoms with van der Waals surface area (Å²) in [6.45, 7) is 1.70. The van der Waals surface area contributed by atoms with Crippen LogP contribution in [-0.4, -0.2) is 10.9 Å². The molecule has 0 unspecified atom stereocenters. The molecule has 1 rings (SSSR count). The lowest BCUT2D eigenvalue weighted by Gasteiger charge is -1.97. The molecule has 0 atom stereocenters. The fraction of sp³-hybridized carbons (Fsp3) is 0.125. The highest BCUT2D eigenvalue weighted by atomic mass is 16.1. The van der Waals surface area contributed by atoms with Gasteiger partial charge < -0.3 is 5.73 Å². The van der Waals surface area contributed by atoms with Crippen molar-refractivity contribution in [1.29, 1.82) is 5.26 Å². The van der Waals surface area contributed by atoms with E-state index in [1.807, 2.05) is 6.07 Å². The molecular formula is C8H7N3O. The molecule has 1 aromatic heterocycles. The zero-order valence-corrected chi connectivity index (χ0v) is 6.53. The van der Waals surface area contributed by atoms with E-state index in [9.17, 15) is 4.79 Å². The lowest BCUT2D eigenvalue weighted by molar-refractivity contribution is 0.1000. The van der Waals surface area contributed by atoms with Gasteiger partial charge in [0.25, 0.3) is 0 Å². The Morgan fingerprint density at radius 2 is 2.42 bits per heavy atom. The molecule has 0 fully saturated rings. The molecule has 0 spiro atoms. The maximum absolute atomic E-state index is 10.7. The molecule has 0 radical (unpaired) electrons. The second-order valence-electron chi connectivity index (χ2n) is 2.33. The van der Waals surface area contributed by atoms with Crippen molar-refractivity contribution in [3.8, 4) is 6.07 Å². The molecule has 2 N–H and O–H groups in total. The lowest BCUT2D eigenvalue weighted by atomic mass is 10.1. The van der Waals surface area contributed by atoms with Crippen LogP contribution in [0.25, 0.3) is 0 Å². The highest BCUT2D eigenvalue weighted by Crippen LogP contribution is 2.05. The molecule has 0 aliphatic carbocycles. The van der Waals surface area contributed by atoms with Crippen LogP contribution < -0.4 is 5.73 Å². The zero-order valence-electron chi connectivity index (χ0n) is 6.53. The van der Waals surface area contributed by atoms with Crippen LogP contribution in [0.4, 0.5) is 0 Å². The summed E-state index contributed by atoms with van der Waals surface area (Å²) < 4.78 is 0. The Morgan fingerprint density at radius 1 is 1.75 bits per heavy atom. The van der Waals surface area contributed by atoms with E-state index in [0.29, 0.717) is 11.3 Å². The summed E-state index contributed by atoms with van der Waals surface area (Å²) in [5.41, 5.74) is 6.24. The number of pyridine rings is 1. The van der Waals surface area contributed by atoms with Gasteiger partial charge >= 0.3 is 0 Å². The number of aromatic nitrogens is 1. The lowest BCUT2D eigenvalue weighted by Crippen LogP contribution is -2.11. The minimum absolute atomic E-state index is 0.261. The van der Waals surface area contributed by atoms with Gasteiger partial charge in [-0.15, -0.1) is 0 Å². The van der Waals surface area contributed by atoms with Crippen molar-refractivity contribution < 1.29 is 4.79 Å². The normalized spacial score (nSPS) is 9.00. The molecule has 0 saturated carbocycles. The van der Waals surface area contributed by atoms with Crippen molar-refractivity contribution in [2.24, 2.45) is 5.73 Å². The van der Waals surface area contributed by atoms with E-state index in [0.717, 1.165) is 0 Å². The number of aryl methyl sites for hydroxylation is 1. The van der Waals surface area contributed by atoms with Crippen molar-refractivity contribution in [3.05, 3.63) is 29.1 Å². The monoisotopic (exact) mass is 161 g/mol. The number of carbonyl (C=O) groups is 1. The molecule has 12 heavy (non-hydrogen) atoms. The Morgan fingerprint density at radius 3 is 2.92 bits per heavy atom. The molecular weight excluding hydrogens is 154 g/mol. The van der Waals surface area contributed by atoms with Crippen molar-refractivity contribution in [2.45, 2.75) is 6.92 Å². The smallest absolute Gasteiger partial charge is 0.250 e. The number of nitrogens with two attached hydrogens (primary N) is 1. The van der Waals surface area contributed by atoms with Gasteiger partial charge in [0.05, 0.1) is 16.8 Å². The second kappa shape index (κ2) is 3.01. The van der Waals surface area contributed by atoms with Gasteiger partial charge in [-0.1, -0.05) is 0 Å². The van der Waals surface area contributed by atoms with Crippen molar-refractivity contribution >= 4 is 5.91 Å². The van der Waals surface area contributed by atoms with E-state index < -0.39 is 5.91 Å². The van der Waals surface area contributed by atoms with E-state index in [-0.39, 0.29) is 5.56 Å². The Balaban J connectivity index is 3.25. The molecule has 0 aliphatic heterocycles. The Bertz CT molecular complexity index is 365. The maximum atomic E-state index is 10.7. The zero-order chi connectivity index (χ0) is 9.14. The van der Waals surface area contributed by atoms with Gasteiger partial charge in [-0.05, 0) is 13.0 Å². The summed E-state index contributed by atoms with van der Waals surface area (Å²) in [6, 6.07) is 3.36. The quantitative estimate of drug-likeness (QED) is 0.645. The standard InChI is InChI=1S/C8H7N3O/c1-5-6(3-9)2-7(4-11-5)8(10)12/h2,4H,1H3,(H2,10,12). The molecule has 0 saturated heterocycles. The van der Waals surface area contributed by atoms with Crippen LogP contribution in [-0.2, 0) is 0 Å². The van der Waals surface area contributed by atoms with Crippen LogP contribution in [0.2, 0.25) is 0 Å². The highest BCUT2D eigenvalue weighted by Gasteiger charge is 2.04. The van der Waals surface area contributed by atoms with Gasteiger partial charge in [-0.3, -0.25) is 9.78 Å². The van der Waals surface area contributed by atoms with Crippen LogP contribution in [0.5, 0.6) is 0 Å². The van der Waals surface area contributed by atoms with E-state index in [2.05, 4.69) is 4.98 Å². The number of hydrogen-bond acceptors (Lipinski definition) is 3. The van der Waals surface area contributed by atoms with Crippen molar-refractivity contribution in [1.82, 2.24) is 4.98 Å². The molecule has 4 nitrogen and oxygen atoms in total. The van der Waals surface area contributed by atoms with Crippen LogP contribution >= 0.6 is 0 Å². The molecule has 0 aromatic carbocycles. The van der Waals surface area contributed by atoms with Gasteiger partial charge in [0, 0.05) is 6.20 Å². The van der Waals surface area contributed by atoms with E-state index >= 15 is 0 Å². The first-order chi connectivity index (χ1) is 5.65. The third-order valence-electron chi connectivity index (χ3n) is 1.49. The van der Waals surface area contributed by atoms with Crippen LogP contribution in [0.1, 0.15) is 21.6 Å². The summed E-state index contributed by atoms with van der Waals surface area (Å²) in [6.07, 6.45) is 1.36. The summed E-state index contributed by atoms with van der Waals surface area (Å²) in [5.74, 6) is -0.570. The topological polar surface area (TPSA) is 79.8 Å². The molecule has 1 heterocycles. The van der Waals surface area contributed by atoms with E-state index in [1.165, 1.54) is 12.3 Å². The van der Waals surface area contributed by atoms with Crippen LogP contribution in [0.3, 0.4) is 0 Å². The minimum atomic E-state index is -0.570. The maximum Gasteiger partial charge on any atom is 0.250 e. The summed E-state index contributed by atoms with van der Waals surface area (Å²) in [7, 11) is 0. The number of rotatable bonds is 1. The Kier molecular flexibility index (Phi) is 2.06. The first kappa shape index (κ1) is 8.21. The van der Waals surface area contributed by atoms with Gasteiger partial charge in [-0.2, -0.15) is 5.26 Å². The van der Waals surface area contributed by atoms with E-state index in [1.54, 1.807) is 6.92 Å². The first-order valence-electron chi connectivity index (χ1n) is 3.31. The number of carbonyl (C=O) groups excluding carboxylic acids is 1. The summed E-state index contributed by atoms with van der Waals surface area (Å²) in [5, 5.41) is 8.58. The first-order valence-corrected chi connectivity index (χ1v) is 3.31. The third-order valence-corrected chi connectivity index (χ3v) is 1.49. The van der Waals surface area contributed by atoms with Gasteiger partial charge in [0.2, 0.25) is 5.91 Å². The Labute approximate surface area is 69.6 Å². The molecule has 1 amide bonds. The predicted octanol–water partition coefficient (Wildman–Crippen LogP) is 0.361. The molecule has 4 heteroatoms. The number of nitrogens with zero attached hydrogens (tertiary/aromatic N) is 2. The average Bonchev–Trinajstić information content (AvgIpc) is 2.05. The number of amides is 1. The van der Waals surface area contributed by atoms with E-state index in [4.69, 9.17) is 11.0 Å². The molecule has 1 aromatic rings. The number of hydrogen-bond donors (Lipinski definition) is 1. The molecule has 60 valence electrons. The average molecular weight is 161 g/mol. The van der Waals surface area contributed by atoms with Crippen molar-refractivity contribution in [2.75, 3.05) is 0 Å². The largest absolute Gasteiger partial charge is 0.366 e. The number of primary amides is 1. The molecule has 0 aliphatic rings. The van der Waals surface area contributed by atoms with Gasteiger partial charge in [0.1, 0.15) is 6.07 Å². The fourth-order valence-corrected chi connectivity index (χ4v) is 0.781. The highest BCUT2D eigenvalue weighted by molar-refractivity contribution is 5.92. The third kappa shape index (κ3) is 1.40. The number of nitriles is 1. The summed E-state index contributed by atoms with van der Waals surface area (Å²) in [4.78, 5) is 14.5.